The molecule has 29 heavy (non-hydrogen) atoms. The van der Waals surface area contributed by atoms with Crippen LogP contribution in [0.25, 0.3) is 33.1 Å². The Kier molecular flexibility index (Phi) is 5.61. The van der Waals surface area contributed by atoms with Gasteiger partial charge in [0.2, 0.25) is 0 Å². The van der Waals surface area contributed by atoms with Crippen LogP contribution in [0, 0.1) is 0 Å². The number of methoxy groups -OCH3 is 1. The maximum atomic E-state index is 11.6. The van der Waals surface area contributed by atoms with Crippen LogP contribution in [0.3, 0.4) is 0 Å². The van der Waals surface area contributed by atoms with Gasteiger partial charge >= 0.3 is 0 Å². The Bertz CT molecular complexity index is 1140. The molecule has 0 bridgehead atoms. The third kappa shape index (κ3) is 3.63. The molecule has 4 aromatic rings. The molecule has 0 unspecified atom stereocenters. The Morgan fingerprint density at radius 3 is 2.52 bits per heavy atom. The zero-order valence-electron chi connectivity index (χ0n) is 17.0. The monoisotopic (exact) mass is 386 g/mol. The number of ether oxygens (including phenoxy) is 1. The Hall–Kier alpha value is -3.14. The number of benzene rings is 2. The second-order valence-corrected chi connectivity index (χ2v) is 7.37. The van der Waals surface area contributed by atoms with Gasteiger partial charge in [0, 0.05) is 28.4 Å². The van der Waals surface area contributed by atoms with E-state index in [-0.39, 0.29) is 0 Å². The van der Waals surface area contributed by atoms with Gasteiger partial charge in [0.1, 0.15) is 11.4 Å². The van der Waals surface area contributed by atoms with Gasteiger partial charge in [0.05, 0.1) is 18.3 Å². The summed E-state index contributed by atoms with van der Waals surface area (Å²) >= 11 is 0. The van der Waals surface area contributed by atoms with Gasteiger partial charge in [0.25, 0.3) is 0 Å². The Labute approximate surface area is 171 Å². The summed E-state index contributed by atoms with van der Waals surface area (Å²) in [6.07, 6.45) is 5.63. The number of pyridine rings is 1. The lowest BCUT2D eigenvalue weighted by Gasteiger charge is -2.12. The molecule has 0 amide bonds. The van der Waals surface area contributed by atoms with Crippen molar-refractivity contribution in [2.24, 2.45) is 0 Å². The van der Waals surface area contributed by atoms with Gasteiger partial charge in [-0.2, -0.15) is 0 Å². The van der Waals surface area contributed by atoms with E-state index in [4.69, 9.17) is 9.72 Å². The van der Waals surface area contributed by atoms with E-state index < -0.39 is 0 Å². The van der Waals surface area contributed by atoms with E-state index >= 15 is 0 Å². The van der Waals surface area contributed by atoms with Crippen LogP contribution in [-0.2, 0) is 6.54 Å². The molecule has 0 spiro atoms. The molecule has 4 nitrogen and oxygen atoms in total. The van der Waals surface area contributed by atoms with E-state index in [2.05, 4.69) is 35.8 Å². The highest BCUT2D eigenvalue weighted by Gasteiger charge is 2.17. The maximum absolute atomic E-state index is 11.6. The average Bonchev–Trinajstić information content (AvgIpc) is 3.10. The van der Waals surface area contributed by atoms with E-state index in [0.717, 1.165) is 47.2 Å². The van der Waals surface area contributed by atoms with E-state index in [0.29, 0.717) is 5.69 Å². The van der Waals surface area contributed by atoms with Crippen molar-refractivity contribution in [1.29, 1.82) is 0 Å². The zero-order valence-corrected chi connectivity index (χ0v) is 17.0. The van der Waals surface area contributed by atoms with Gasteiger partial charge in [-0.1, -0.05) is 44.4 Å². The minimum atomic E-state index is 0.456. The van der Waals surface area contributed by atoms with Crippen molar-refractivity contribution in [3.8, 4) is 17.0 Å². The summed E-state index contributed by atoms with van der Waals surface area (Å²) in [5.41, 5.74) is 4.57. The van der Waals surface area contributed by atoms with Crippen molar-refractivity contribution in [3.05, 3.63) is 60.3 Å². The van der Waals surface area contributed by atoms with Gasteiger partial charge in [-0.15, -0.1) is 0 Å². The molecule has 0 N–H and O–H groups in total. The second-order valence-electron chi connectivity index (χ2n) is 7.37. The fraction of sp³-hybridized carbons (Fsp3) is 0.280. The van der Waals surface area contributed by atoms with Gasteiger partial charge in [-0.05, 0) is 42.8 Å². The van der Waals surface area contributed by atoms with Crippen molar-refractivity contribution in [1.82, 2.24) is 9.55 Å². The molecular weight excluding hydrogens is 360 g/mol. The van der Waals surface area contributed by atoms with Crippen molar-refractivity contribution in [3.63, 3.8) is 0 Å². The molecule has 2 heterocycles. The highest BCUT2D eigenvalue weighted by Crippen LogP contribution is 2.36. The first-order chi connectivity index (χ1) is 14.3. The van der Waals surface area contributed by atoms with Crippen molar-refractivity contribution < 1.29 is 9.53 Å². The first kappa shape index (κ1) is 19.2. The van der Waals surface area contributed by atoms with Crippen molar-refractivity contribution in [2.45, 2.75) is 39.2 Å². The van der Waals surface area contributed by atoms with E-state index in [1.165, 1.54) is 30.2 Å². The summed E-state index contributed by atoms with van der Waals surface area (Å²) in [7, 11) is 1.66. The summed E-state index contributed by atoms with van der Waals surface area (Å²) in [4.78, 5) is 16.3. The van der Waals surface area contributed by atoms with Gasteiger partial charge < -0.3 is 9.30 Å². The maximum Gasteiger partial charge on any atom is 0.168 e. The smallest absolute Gasteiger partial charge is 0.168 e. The lowest BCUT2D eigenvalue weighted by molar-refractivity contribution is 0.111. The van der Waals surface area contributed by atoms with E-state index in [1.807, 2.05) is 30.3 Å². The van der Waals surface area contributed by atoms with E-state index in [9.17, 15) is 4.79 Å². The number of hydrogen-bond donors (Lipinski definition) is 0. The second kappa shape index (κ2) is 8.48. The van der Waals surface area contributed by atoms with E-state index in [1.54, 1.807) is 7.11 Å². The predicted octanol–water partition coefficient (Wildman–Crippen LogP) is 6.26. The highest BCUT2D eigenvalue weighted by molar-refractivity contribution is 6.12. The van der Waals surface area contributed by atoms with Crippen molar-refractivity contribution in [2.75, 3.05) is 7.11 Å². The van der Waals surface area contributed by atoms with Crippen LogP contribution in [0.4, 0.5) is 0 Å². The largest absolute Gasteiger partial charge is 0.497 e. The normalized spacial score (nSPS) is 11.2. The first-order valence-electron chi connectivity index (χ1n) is 10.3. The fourth-order valence-electron chi connectivity index (χ4n) is 4.03. The minimum absolute atomic E-state index is 0.456. The molecule has 4 heteroatoms. The number of nitrogens with zero attached hydrogens (tertiary/aromatic N) is 2. The van der Waals surface area contributed by atoms with Crippen LogP contribution in [-0.4, -0.2) is 22.9 Å². The number of aryl methyl sites for hydroxylation is 1. The first-order valence-corrected chi connectivity index (χ1v) is 10.3. The molecule has 4 rings (SSSR count). The standard InChI is InChI=1S/C25H26N2O2/c1-3-4-5-8-15-27-23-10-7-6-9-21(23)22-16-19(17-28)26-24(25(22)27)18-11-13-20(29-2)14-12-18/h6-7,9-14,16-17H,3-5,8,15H2,1-2H3. The van der Waals surface area contributed by atoms with Crippen LogP contribution in [0.2, 0.25) is 0 Å². The molecule has 2 aromatic carbocycles. The van der Waals surface area contributed by atoms with Gasteiger partial charge in [-0.3, -0.25) is 4.79 Å². The molecule has 0 aliphatic rings. The third-order valence-corrected chi connectivity index (χ3v) is 5.49. The number of hydrogen-bond acceptors (Lipinski definition) is 3. The third-order valence-electron chi connectivity index (χ3n) is 5.49. The number of carbonyl (C=O) groups excluding carboxylic acids is 1. The number of carbonyl (C=O) groups is 1. The van der Waals surface area contributed by atoms with Crippen LogP contribution in [0.15, 0.2) is 54.6 Å². The highest BCUT2D eigenvalue weighted by atomic mass is 16.5. The molecule has 148 valence electrons. The molecule has 0 saturated heterocycles. The molecule has 0 aliphatic carbocycles. The Morgan fingerprint density at radius 1 is 1.00 bits per heavy atom. The molecular formula is C25H26N2O2. The molecule has 0 aliphatic heterocycles. The summed E-state index contributed by atoms with van der Waals surface area (Å²) < 4.78 is 7.68. The Balaban J connectivity index is 1.96. The fourth-order valence-corrected chi connectivity index (χ4v) is 4.03. The summed E-state index contributed by atoms with van der Waals surface area (Å²) in [5, 5.41) is 2.25. The summed E-state index contributed by atoms with van der Waals surface area (Å²) in [5.74, 6) is 0.802. The summed E-state index contributed by atoms with van der Waals surface area (Å²) in [6.45, 7) is 3.17. The minimum Gasteiger partial charge on any atom is -0.497 e. The topological polar surface area (TPSA) is 44.1 Å². The Morgan fingerprint density at radius 2 is 1.79 bits per heavy atom. The lowest BCUT2D eigenvalue weighted by atomic mass is 10.1. The van der Waals surface area contributed by atoms with Crippen LogP contribution in [0.1, 0.15) is 43.1 Å². The molecule has 0 fully saturated rings. The zero-order chi connectivity index (χ0) is 20.2. The van der Waals surface area contributed by atoms with Crippen LogP contribution < -0.4 is 4.74 Å². The number of fused-ring (bicyclic) bond motifs is 3. The quantitative estimate of drug-likeness (QED) is 0.265. The SMILES string of the molecule is CCCCCCn1c2ccccc2c2cc(C=O)nc(-c3ccc(OC)cc3)c21. The number of aromatic nitrogens is 2. The van der Waals surface area contributed by atoms with Crippen molar-refractivity contribution >= 4 is 28.1 Å². The predicted molar refractivity (Wildman–Crippen MR) is 119 cm³/mol. The number of aldehydes is 1. The van der Waals surface area contributed by atoms with Crippen LogP contribution in [0.5, 0.6) is 5.75 Å². The van der Waals surface area contributed by atoms with Gasteiger partial charge in [0.15, 0.2) is 6.29 Å². The summed E-state index contributed by atoms with van der Waals surface area (Å²) in [6, 6.07) is 18.2. The molecule has 0 atom stereocenters. The van der Waals surface area contributed by atoms with Gasteiger partial charge in [-0.25, -0.2) is 4.98 Å². The average molecular weight is 386 g/mol. The number of unbranched alkanes of at least 4 members (excludes halogenated alkanes) is 3. The lowest BCUT2D eigenvalue weighted by Crippen LogP contribution is -2.01. The molecule has 0 radical (unpaired) electrons. The molecule has 2 aromatic heterocycles. The van der Waals surface area contributed by atoms with Crippen LogP contribution >= 0.6 is 0 Å². The number of para-hydroxylation sites is 1. The number of rotatable bonds is 8. The molecule has 0 saturated carbocycles.